The maximum absolute atomic E-state index is 12.6. The van der Waals surface area contributed by atoms with Crippen LogP contribution < -0.4 is 10.0 Å². The Morgan fingerprint density at radius 3 is 2.48 bits per heavy atom. The summed E-state index contributed by atoms with van der Waals surface area (Å²) in [7, 11) is -7.18. The minimum Gasteiger partial charge on any atom is -0.379 e. The first-order chi connectivity index (χ1) is 13.6. The van der Waals surface area contributed by atoms with Crippen molar-refractivity contribution in [2.45, 2.75) is 11.8 Å². The van der Waals surface area contributed by atoms with Gasteiger partial charge in [-0.25, -0.2) is 16.8 Å². The normalized spacial score (nSPS) is 15.8. The number of aromatic amines is 1. The zero-order chi connectivity index (χ0) is 21.2. The molecule has 3 rings (SSSR count). The van der Waals surface area contributed by atoms with Gasteiger partial charge in [0.05, 0.1) is 25.2 Å². The van der Waals surface area contributed by atoms with Crippen molar-refractivity contribution in [1.82, 2.24) is 9.29 Å². The molecule has 0 aliphatic carbocycles. The molecule has 1 amide bonds. The van der Waals surface area contributed by atoms with E-state index >= 15 is 0 Å². The molecule has 0 atom stereocenters. The van der Waals surface area contributed by atoms with Crippen LogP contribution in [0.2, 0.25) is 0 Å². The molecule has 2 aromatic rings. The Bertz CT molecular complexity index is 1120. The maximum atomic E-state index is 12.6. The van der Waals surface area contributed by atoms with Gasteiger partial charge >= 0.3 is 0 Å². The number of hydrogen-bond donors (Lipinski definition) is 3. The van der Waals surface area contributed by atoms with E-state index in [2.05, 4.69) is 15.0 Å². The van der Waals surface area contributed by atoms with Crippen molar-refractivity contribution < 1.29 is 26.4 Å². The highest BCUT2D eigenvalue weighted by Crippen LogP contribution is 2.23. The van der Waals surface area contributed by atoms with Crippen molar-refractivity contribution in [3.63, 3.8) is 0 Å². The molecule has 0 saturated carbocycles. The Morgan fingerprint density at radius 2 is 1.83 bits per heavy atom. The lowest BCUT2D eigenvalue weighted by molar-refractivity contribution is 0.0730. The number of aryl methyl sites for hydroxylation is 1. The van der Waals surface area contributed by atoms with E-state index in [0.29, 0.717) is 30.2 Å². The molecule has 1 aliphatic heterocycles. The fraction of sp³-hybridized carbons (Fsp3) is 0.353. The number of sulfonamides is 2. The zero-order valence-corrected chi connectivity index (χ0v) is 17.6. The summed E-state index contributed by atoms with van der Waals surface area (Å²) in [6, 6.07) is 6.04. The SMILES string of the molecule is Cc1ccc(NC(=O)c2cc(S(=O)(=O)N3CCOCC3)c[nH]2)cc1NS(C)(=O)=O. The molecule has 1 aromatic carbocycles. The van der Waals surface area contributed by atoms with Gasteiger partial charge in [0.1, 0.15) is 10.6 Å². The lowest BCUT2D eigenvalue weighted by Gasteiger charge is -2.25. The number of anilines is 2. The van der Waals surface area contributed by atoms with Gasteiger partial charge in [-0.15, -0.1) is 0 Å². The second-order valence-corrected chi connectivity index (χ2v) is 10.3. The van der Waals surface area contributed by atoms with Gasteiger partial charge in [0, 0.05) is 25.0 Å². The van der Waals surface area contributed by atoms with Gasteiger partial charge in [0.2, 0.25) is 20.0 Å². The average molecular weight is 443 g/mol. The molecule has 1 saturated heterocycles. The molecule has 29 heavy (non-hydrogen) atoms. The fourth-order valence-electron chi connectivity index (χ4n) is 2.80. The van der Waals surface area contributed by atoms with Gasteiger partial charge in [-0.2, -0.15) is 4.31 Å². The first-order valence-corrected chi connectivity index (χ1v) is 12.1. The molecule has 0 unspecified atom stereocenters. The molecular weight excluding hydrogens is 420 g/mol. The van der Waals surface area contributed by atoms with Gasteiger partial charge in [-0.05, 0) is 30.7 Å². The Hall–Kier alpha value is -2.41. The van der Waals surface area contributed by atoms with Crippen LogP contribution in [0.1, 0.15) is 16.1 Å². The van der Waals surface area contributed by atoms with Crippen LogP contribution >= 0.6 is 0 Å². The zero-order valence-electron chi connectivity index (χ0n) is 15.9. The number of nitrogens with zero attached hydrogens (tertiary/aromatic N) is 1. The molecule has 0 spiro atoms. The molecule has 1 fully saturated rings. The average Bonchev–Trinajstić information content (AvgIpc) is 3.15. The maximum Gasteiger partial charge on any atom is 0.272 e. The first kappa shape index (κ1) is 21.3. The van der Waals surface area contributed by atoms with E-state index in [4.69, 9.17) is 4.74 Å². The summed E-state index contributed by atoms with van der Waals surface area (Å²) in [6.45, 7) is 2.90. The van der Waals surface area contributed by atoms with Gasteiger partial charge in [-0.1, -0.05) is 6.07 Å². The van der Waals surface area contributed by atoms with Gasteiger partial charge in [0.25, 0.3) is 5.91 Å². The lowest BCUT2D eigenvalue weighted by atomic mass is 10.2. The van der Waals surface area contributed by atoms with E-state index in [1.165, 1.54) is 22.6 Å². The van der Waals surface area contributed by atoms with Gasteiger partial charge in [0.15, 0.2) is 0 Å². The summed E-state index contributed by atoms with van der Waals surface area (Å²) in [5.41, 5.74) is 1.45. The first-order valence-electron chi connectivity index (χ1n) is 8.72. The van der Waals surface area contributed by atoms with Crippen LogP contribution in [-0.4, -0.2) is 64.6 Å². The minimum absolute atomic E-state index is 0.00659. The second kappa shape index (κ2) is 8.14. The largest absolute Gasteiger partial charge is 0.379 e. The molecule has 1 aromatic heterocycles. The number of nitrogens with one attached hydrogen (secondary N) is 3. The third-order valence-corrected chi connectivity index (χ3v) is 6.77. The Labute approximate surface area is 169 Å². The number of benzene rings is 1. The molecule has 10 nitrogen and oxygen atoms in total. The van der Waals surface area contributed by atoms with E-state index in [0.717, 1.165) is 6.26 Å². The van der Waals surface area contributed by atoms with Gasteiger partial charge in [-0.3, -0.25) is 9.52 Å². The monoisotopic (exact) mass is 442 g/mol. The molecular formula is C17H22N4O6S2. The van der Waals surface area contributed by atoms with E-state index in [1.54, 1.807) is 19.1 Å². The highest BCUT2D eigenvalue weighted by atomic mass is 32.2. The molecule has 0 bridgehead atoms. The number of carbonyl (C=O) groups is 1. The number of aromatic nitrogens is 1. The number of hydrogen-bond acceptors (Lipinski definition) is 6. The number of H-pyrrole nitrogens is 1. The summed E-state index contributed by atoms with van der Waals surface area (Å²) in [6.07, 6.45) is 2.30. The van der Waals surface area contributed by atoms with Crippen LogP contribution in [0, 0.1) is 6.92 Å². The Morgan fingerprint density at radius 1 is 1.14 bits per heavy atom. The molecule has 0 radical (unpaired) electrons. The minimum atomic E-state index is -3.71. The van der Waals surface area contributed by atoms with Crippen molar-refractivity contribution in [3.05, 3.63) is 41.7 Å². The highest BCUT2D eigenvalue weighted by molar-refractivity contribution is 7.92. The number of amides is 1. The summed E-state index contributed by atoms with van der Waals surface area (Å²) >= 11 is 0. The Balaban J connectivity index is 1.76. The van der Waals surface area contributed by atoms with Crippen LogP contribution in [0.25, 0.3) is 0 Å². The van der Waals surface area contributed by atoms with Crippen LogP contribution in [-0.2, 0) is 24.8 Å². The van der Waals surface area contributed by atoms with E-state index < -0.39 is 26.0 Å². The molecule has 158 valence electrons. The summed E-state index contributed by atoms with van der Waals surface area (Å²) in [4.78, 5) is 15.2. The summed E-state index contributed by atoms with van der Waals surface area (Å²) < 4.78 is 57.1. The molecule has 2 heterocycles. The lowest BCUT2D eigenvalue weighted by Crippen LogP contribution is -2.40. The van der Waals surface area contributed by atoms with Crippen LogP contribution in [0.5, 0.6) is 0 Å². The number of ether oxygens (including phenoxy) is 1. The van der Waals surface area contributed by atoms with Crippen LogP contribution in [0.3, 0.4) is 0 Å². The summed E-state index contributed by atoms with van der Waals surface area (Å²) in [5.74, 6) is -0.553. The fourth-order valence-corrected chi connectivity index (χ4v) is 4.82. The van der Waals surface area contributed by atoms with Crippen molar-refractivity contribution >= 4 is 37.3 Å². The van der Waals surface area contributed by atoms with Gasteiger partial charge < -0.3 is 15.0 Å². The number of rotatable bonds is 6. The van der Waals surface area contributed by atoms with Crippen molar-refractivity contribution in [1.29, 1.82) is 0 Å². The van der Waals surface area contributed by atoms with E-state index in [1.807, 2.05) is 0 Å². The standard InChI is InChI=1S/C17H22N4O6S2/c1-12-3-4-13(9-15(12)20-28(2,23)24)19-17(22)16-10-14(11-18-16)29(25,26)21-5-7-27-8-6-21/h3-4,9-11,18,20H,5-8H2,1-2H3,(H,19,22). The number of morpholine rings is 1. The summed E-state index contributed by atoms with van der Waals surface area (Å²) in [5, 5.41) is 2.62. The predicted molar refractivity (Wildman–Crippen MR) is 108 cm³/mol. The van der Waals surface area contributed by atoms with E-state index in [9.17, 15) is 21.6 Å². The third kappa shape index (κ3) is 5.15. The quantitative estimate of drug-likeness (QED) is 0.609. The van der Waals surface area contributed by atoms with Crippen LogP contribution in [0.4, 0.5) is 11.4 Å². The molecule has 1 aliphatic rings. The number of carbonyl (C=O) groups excluding carboxylic acids is 1. The third-order valence-electron chi connectivity index (χ3n) is 4.30. The Kier molecular flexibility index (Phi) is 5.98. The van der Waals surface area contributed by atoms with E-state index in [-0.39, 0.29) is 23.7 Å². The highest BCUT2D eigenvalue weighted by Gasteiger charge is 2.28. The van der Waals surface area contributed by atoms with Crippen molar-refractivity contribution in [2.24, 2.45) is 0 Å². The topological polar surface area (TPSA) is 138 Å². The second-order valence-electron chi connectivity index (χ2n) is 6.62. The molecule has 3 N–H and O–H groups in total. The van der Waals surface area contributed by atoms with Crippen LogP contribution in [0.15, 0.2) is 35.4 Å². The predicted octanol–water partition coefficient (Wildman–Crippen LogP) is 0.968. The smallest absolute Gasteiger partial charge is 0.272 e. The van der Waals surface area contributed by atoms with Crippen molar-refractivity contribution in [2.75, 3.05) is 42.6 Å². The van der Waals surface area contributed by atoms with Crippen molar-refractivity contribution in [3.8, 4) is 0 Å². The molecule has 12 heteroatoms.